The van der Waals surface area contributed by atoms with Crippen LogP contribution in [0.2, 0.25) is 0 Å². The van der Waals surface area contributed by atoms with Gasteiger partial charge in [0.25, 0.3) is 5.56 Å². The molecule has 0 radical (unpaired) electrons. The van der Waals surface area contributed by atoms with Crippen molar-refractivity contribution in [3.63, 3.8) is 0 Å². The zero-order valence-electron chi connectivity index (χ0n) is 8.56. The van der Waals surface area contributed by atoms with Gasteiger partial charge in [0.05, 0.1) is 6.54 Å². The third kappa shape index (κ3) is 2.33. The lowest BCUT2D eigenvalue weighted by Crippen LogP contribution is -2.19. The fraction of sp³-hybridized carbons (Fsp3) is 0.0833. The van der Waals surface area contributed by atoms with Gasteiger partial charge in [0.15, 0.2) is 0 Å². The van der Waals surface area contributed by atoms with Crippen molar-refractivity contribution in [1.29, 1.82) is 0 Å². The number of benzene rings is 1. The topological polar surface area (TPSA) is 48.0 Å². The molecule has 1 aromatic heterocycles. The van der Waals surface area contributed by atoms with E-state index < -0.39 is 0 Å². The number of halogens is 1. The highest BCUT2D eigenvalue weighted by Crippen LogP contribution is 2.12. The molecule has 1 aromatic carbocycles. The van der Waals surface area contributed by atoms with Crippen LogP contribution in [0.3, 0.4) is 0 Å². The third-order valence-corrected chi connectivity index (χ3v) is 2.81. The molecule has 0 fully saturated rings. The van der Waals surface area contributed by atoms with Gasteiger partial charge in [-0.1, -0.05) is 18.2 Å². The van der Waals surface area contributed by atoms with Gasteiger partial charge in [-0.2, -0.15) is 0 Å². The molecule has 0 unspecified atom stereocenters. The van der Waals surface area contributed by atoms with Crippen molar-refractivity contribution in [2.24, 2.45) is 0 Å². The van der Waals surface area contributed by atoms with E-state index in [1.54, 1.807) is 16.8 Å². The second-order valence-corrected chi connectivity index (χ2v) is 4.43. The van der Waals surface area contributed by atoms with Crippen LogP contribution in [-0.4, -0.2) is 4.57 Å². The summed E-state index contributed by atoms with van der Waals surface area (Å²) in [5, 5.41) is 0. The van der Waals surface area contributed by atoms with Crippen LogP contribution in [0, 0.1) is 0 Å². The number of nitrogen functional groups attached to an aromatic ring is 1. The van der Waals surface area contributed by atoms with Crippen molar-refractivity contribution in [2.45, 2.75) is 6.54 Å². The molecule has 82 valence electrons. The van der Waals surface area contributed by atoms with E-state index in [-0.39, 0.29) is 5.56 Å². The monoisotopic (exact) mass is 278 g/mol. The van der Waals surface area contributed by atoms with Gasteiger partial charge in [-0.15, -0.1) is 0 Å². The molecular formula is C12H11BrN2O. The number of hydrogen-bond acceptors (Lipinski definition) is 2. The van der Waals surface area contributed by atoms with Crippen LogP contribution in [-0.2, 0) is 6.54 Å². The van der Waals surface area contributed by atoms with E-state index in [4.69, 9.17) is 5.73 Å². The first-order chi connectivity index (χ1) is 7.66. The van der Waals surface area contributed by atoms with Gasteiger partial charge in [-0.25, -0.2) is 0 Å². The molecular weight excluding hydrogens is 268 g/mol. The van der Waals surface area contributed by atoms with Crippen LogP contribution in [0.15, 0.2) is 51.9 Å². The summed E-state index contributed by atoms with van der Waals surface area (Å²) in [4.78, 5) is 11.6. The maximum absolute atomic E-state index is 11.6. The van der Waals surface area contributed by atoms with Gasteiger partial charge >= 0.3 is 0 Å². The van der Waals surface area contributed by atoms with Crippen molar-refractivity contribution >= 4 is 21.6 Å². The Morgan fingerprint density at radius 2 is 1.94 bits per heavy atom. The molecule has 0 bridgehead atoms. The fourth-order valence-electron chi connectivity index (χ4n) is 1.49. The van der Waals surface area contributed by atoms with Crippen molar-refractivity contribution in [3.05, 3.63) is 63.0 Å². The van der Waals surface area contributed by atoms with E-state index in [1.807, 2.05) is 24.3 Å². The second-order valence-electron chi connectivity index (χ2n) is 3.51. The van der Waals surface area contributed by atoms with Crippen LogP contribution in [0.4, 0.5) is 5.69 Å². The molecule has 2 aromatic rings. The molecule has 1 heterocycles. The molecule has 0 saturated carbocycles. The Kier molecular flexibility index (Phi) is 3.10. The van der Waals surface area contributed by atoms with Gasteiger partial charge in [0.1, 0.15) is 0 Å². The average molecular weight is 279 g/mol. The van der Waals surface area contributed by atoms with Gasteiger partial charge in [-0.3, -0.25) is 4.79 Å². The number of nitrogens with zero attached hydrogens (tertiary/aromatic N) is 1. The minimum Gasteiger partial charge on any atom is -0.398 e. The smallest absolute Gasteiger partial charge is 0.250 e. The molecule has 2 rings (SSSR count). The molecule has 0 aliphatic rings. The number of para-hydroxylation sites is 1. The Morgan fingerprint density at radius 1 is 1.19 bits per heavy atom. The first-order valence-corrected chi connectivity index (χ1v) is 5.65. The van der Waals surface area contributed by atoms with E-state index in [0.717, 1.165) is 10.0 Å². The number of nitrogens with two attached hydrogens (primary N) is 1. The van der Waals surface area contributed by atoms with Crippen molar-refractivity contribution in [2.75, 3.05) is 5.73 Å². The summed E-state index contributed by atoms with van der Waals surface area (Å²) >= 11 is 3.34. The number of pyridine rings is 1. The minimum absolute atomic E-state index is 0.0357. The lowest BCUT2D eigenvalue weighted by molar-refractivity contribution is 0.758. The summed E-state index contributed by atoms with van der Waals surface area (Å²) < 4.78 is 2.50. The maximum Gasteiger partial charge on any atom is 0.250 e. The summed E-state index contributed by atoms with van der Waals surface area (Å²) in [5.74, 6) is 0. The number of aromatic nitrogens is 1. The van der Waals surface area contributed by atoms with Crippen LogP contribution in [0.5, 0.6) is 0 Å². The zero-order chi connectivity index (χ0) is 11.5. The average Bonchev–Trinajstić information content (AvgIpc) is 2.27. The minimum atomic E-state index is -0.0357. The summed E-state index contributed by atoms with van der Waals surface area (Å²) in [7, 11) is 0. The Balaban J connectivity index is 2.38. The predicted molar refractivity (Wildman–Crippen MR) is 68.4 cm³/mol. The molecule has 2 N–H and O–H groups in total. The number of hydrogen-bond donors (Lipinski definition) is 1. The Bertz CT molecular complexity index is 563. The van der Waals surface area contributed by atoms with E-state index in [9.17, 15) is 4.79 Å². The first-order valence-electron chi connectivity index (χ1n) is 4.86. The Morgan fingerprint density at radius 3 is 2.69 bits per heavy atom. The quantitative estimate of drug-likeness (QED) is 0.857. The molecule has 0 spiro atoms. The maximum atomic E-state index is 11.6. The molecule has 16 heavy (non-hydrogen) atoms. The lowest BCUT2D eigenvalue weighted by Gasteiger charge is -2.08. The van der Waals surface area contributed by atoms with Gasteiger partial charge < -0.3 is 10.3 Å². The summed E-state index contributed by atoms with van der Waals surface area (Å²) in [5.41, 5.74) is 7.44. The normalized spacial score (nSPS) is 10.3. The van der Waals surface area contributed by atoms with Crippen LogP contribution < -0.4 is 11.3 Å². The standard InChI is InChI=1S/C12H11BrN2O/c13-10-5-6-12(16)15(8-10)7-9-3-1-2-4-11(9)14/h1-6,8H,7,14H2. The van der Waals surface area contributed by atoms with Crippen molar-refractivity contribution < 1.29 is 0 Å². The zero-order valence-corrected chi connectivity index (χ0v) is 10.1. The van der Waals surface area contributed by atoms with E-state index >= 15 is 0 Å². The predicted octanol–water partition coefficient (Wildman–Crippen LogP) is 2.24. The number of rotatable bonds is 2. The van der Waals surface area contributed by atoms with Crippen LogP contribution in [0.25, 0.3) is 0 Å². The second kappa shape index (κ2) is 4.53. The third-order valence-electron chi connectivity index (χ3n) is 2.34. The summed E-state index contributed by atoms with van der Waals surface area (Å²) in [6, 6.07) is 10.8. The number of anilines is 1. The SMILES string of the molecule is Nc1ccccc1Cn1cc(Br)ccc1=O. The van der Waals surface area contributed by atoms with E-state index in [1.165, 1.54) is 6.07 Å². The van der Waals surface area contributed by atoms with E-state index in [0.29, 0.717) is 12.2 Å². The highest BCUT2D eigenvalue weighted by atomic mass is 79.9. The molecule has 0 saturated heterocycles. The van der Waals surface area contributed by atoms with Gasteiger partial charge in [-0.05, 0) is 33.6 Å². The Labute approximate surface area is 102 Å². The largest absolute Gasteiger partial charge is 0.398 e. The van der Waals surface area contributed by atoms with Crippen LogP contribution in [0.1, 0.15) is 5.56 Å². The summed E-state index contributed by atoms with van der Waals surface area (Å²) in [6.45, 7) is 0.491. The highest BCUT2D eigenvalue weighted by molar-refractivity contribution is 9.10. The van der Waals surface area contributed by atoms with Gasteiger partial charge in [0.2, 0.25) is 0 Å². The molecule has 4 heteroatoms. The molecule has 0 atom stereocenters. The lowest BCUT2D eigenvalue weighted by atomic mass is 10.2. The molecule has 3 nitrogen and oxygen atoms in total. The van der Waals surface area contributed by atoms with Gasteiger partial charge in [0, 0.05) is 22.4 Å². The first kappa shape index (κ1) is 11.0. The summed E-state index contributed by atoms with van der Waals surface area (Å²) in [6.07, 6.45) is 1.76. The van der Waals surface area contributed by atoms with E-state index in [2.05, 4.69) is 15.9 Å². The molecule has 0 aliphatic carbocycles. The van der Waals surface area contributed by atoms with Crippen molar-refractivity contribution in [3.8, 4) is 0 Å². The highest BCUT2D eigenvalue weighted by Gasteiger charge is 2.01. The van der Waals surface area contributed by atoms with Crippen LogP contribution >= 0.6 is 15.9 Å². The fourth-order valence-corrected chi connectivity index (χ4v) is 1.87. The Hall–Kier alpha value is -1.55. The molecule has 0 amide bonds. The molecule has 0 aliphatic heterocycles. The van der Waals surface area contributed by atoms with Crippen molar-refractivity contribution in [1.82, 2.24) is 4.57 Å².